The van der Waals surface area contributed by atoms with Gasteiger partial charge in [0.1, 0.15) is 5.69 Å². The molecule has 0 amide bonds. The van der Waals surface area contributed by atoms with Crippen LogP contribution in [-0.4, -0.2) is 149 Å². The molecule has 8 aromatic rings. The van der Waals surface area contributed by atoms with Gasteiger partial charge in [-0.3, -0.25) is 45.9 Å². The van der Waals surface area contributed by atoms with Crippen LogP contribution in [0.15, 0.2) is 26.5 Å². The molecule has 33 nitrogen and oxygen atoms in total. The number of esters is 2. The number of Topliss-reactive ketones (excluding diaryl/α,β-unsaturated/α-hetero) is 3. The van der Waals surface area contributed by atoms with Gasteiger partial charge in [0.25, 0.3) is 17.1 Å². The Kier molecular flexibility index (Phi) is 73.5. The van der Waals surface area contributed by atoms with Crippen LogP contribution in [0.3, 0.4) is 0 Å². The Labute approximate surface area is 781 Å². The molecule has 0 atom stereocenters. The average Bonchev–Trinajstić information content (AvgIpc) is 1.67. The topological polar surface area (TPSA) is 480 Å². The molecule has 0 unspecified atom stereocenters. The average molecular weight is 2470 g/mol. The van der Waals surface area contributed by atoms with E-state index in [9.17, 15) is 33.6 Å². The third-order valence-electron chi connectivity index (χ3n) is 15.2. The number of nitrogens with one attached hydrogen (secondary N) is 3. The number of hydrazone groups is 1. The summed E-state index contributed by atoms with van der Waals surface area (Å²) in [5.74, 6) is 9.86. The van der Waals surface area contributed by atoms with Crippen molar-refractivity contribution in [2.24, 2.45) is 22.4 Å². The number of rotatable bonds is 13. The molecule has 8 rings (SSSR count). The summed E-state index contributed by atoms with van der Waals surface area (Å²) in [6.45, 7) is 61.5. The number of nitrogens with zero attached hydrogens (tertiary/aromatic N) is 17. The zero-order valence-electron chi connectivity index (χ0n) is 74.1. The standard InChI is InChI=1S/C13H18N5.C13H17N4O.C12H16N5O.C9H16N5.C9H15N4.C6H9O2.C5H8O3.C4H6O2.5CH3.Na.H2O.5W.3H2/c1-7(2)12-8(3)11(6)18(17-12)13-14-9(4)10(5)15-16-13;1-7(2)11-9(4)10(5)17(16-11)13-14-6-8(3)12(18)15-13;1-6(2)10-7(3)9(5)17(16-10)12-13-11(18)8(4)14-15-12;1-5(2)8-6(3)7(4)14(13-8)9(10)12-11;1-5(2)8-6(3)7(4)13(12-8)9(10)11;1-4-8-6(7)5(2)3;1-3-8-5(7)4(2)6;1-3(5)4(2)6;;;;;;;;;;;;;;;/h1-6H3;6H,1-5H3,(H,14,15,18);1-5H3,(H,13,15,18);11H2,1-4H3,(H2,10,12);1-4H3,(H3,10,11);2H,4H2,1,3H3;3H2,1-2H3;1-2H3;5*1H3;;1H2;;;;;;3*1H/q6*-1;;;5*-1;+1;;5*+2;;;/p-1/i;;;;;;;;;;;;;;;;;;;;3*1+1. The van der Waals surface area contributed by atoms with E-state index in [0.29, 0.717) is 35.7 Å². The van der Waals surface area contributed by atoms with E-state index in [-0.39, 0.29) is 229 Å². The molecule has 0 radical (unpaired) electrons. The summed E-state index contributed by atoms with van der Waals surface area (Å²) in [5, 5.41) is 48.8. The van der Waals surface area contributed by atoms with Gasteiger partial charge in [0, 0.05) is 36.8 Å². The second-order valence-electron chi connectivity index (χ2n) is 24.6. The van der Waals surface area contributed by atoms with Crippen molar-refractivity contribution in [2.45, 2.75) is 208 Å². The summed E-state index contributed by atoms with van der Waals surface area (Å²) >= 11 is 0. The van der Waals surface area contributed by atoms with E-state index in [1.165, 1.54) is 38.3 Å². The monoisotopic (exact) mass is 2470 g/mol. The molecule has 39 heteroatoms. The van der Waals surface area contributed by atoms with E-state index < -0.39 is 17.7 Å². The van der Waals surface area contributed by atoms with Crippen LogP contribution in [0.4, 0.5) is 0 Å². The smallest absolute Gasteiger partial charge is 0.870 e. The Morgan fingerprint density at radius 1 is 0.478 bits per heavy atom. The van der Waals surface area contributed by atoms with E-state index in [1.807, 2.05) is 132 Å². The first-order valence-electron chi connectivity index (χ1n) is 32.5. The number of aryl methyl sites for hydroxylation is 4. The van der Waals surface area contributed by atoms with Crippen LogP contribution in [0.1, 0.15) is 222 Å². The van der Waals surface area contributed by atoms with Crippen LogP contribution >= 0.6 is 0 Å². The van der Waals surface area contributed by atoms with E-state index in [2.05, 4.69) is 101 Å². The van der Waals surface area contributed by atoms with Crippen LogP contribution in [-0.2, 0) is 139 Å². The largest absolute Gasteiger partial charge is 2.00 e. The summed E-state index contributed by atoms with van der Waals surface area (Å²) in [5.41, 5.74) is 28.7. The first kappa shape index (κ1) is 134. The molecule has 0 saturated heterocycles. The zero-order chi connectivity index (χ0) is 79.7. The van der Waals surface area contributed by atoms with Crippen LogP contribution in [0, 0.1) is 176 Å². The van der Waals surface area contributed by atoms with E-state index >= 15 is 0 Å². The number of aromatic amines is 2. The van der Waals surface area contributed by atoms with Gasteiger partial charge in [-0.25, -0.2) is 63.7 Å². The molecule has 8 heterocycles. The predicted molar refractivity (Wildman–Crippen MR) is 436 cm³/mol. The molecule has 10 N–H and O–H groups in total. The minimum atomic E-state index is -0.757. The molecule has 0 fully saturated rings. The number of carbonyl (C=O) groups excluding carboxylic acids is 5. The van der Waals surface area contributed by atoms with Crippen LogP contribution in [0.2, 0.25) is 0 Å². The number of carbonyl (C=O) groups is 5. The fourth-order valence-electron chi connectivity index (χ4n) is 8.44. The quantitative estimate of drug-likeness (QED) is 0.00731. The number of ketones is 3. The van der Waals surface area contributed by atoms with Crippen LogP contribution in [0.25, 0.3) is 17.8 Å². The minimum Gasteiger partial charge on any atom is -0.870 e. The van der Waals surface area contributed by atoms with Crippen molar-refractivity contribution in [3.63, 3.8) is 0 Å². The fourth-order valence-corrected chi connectivity index (χ4v) is 8.44. The molecule has 8 aromatic heterocycles. The normalized spacial score (nSPS) is 9.18. The second-order valence-corrected chi connectivity index (χ2v) is 24.6. The van der Waals surface area contributed by atoms with Crippen LogP contribution in [0.5, 0.6) is 0 Å². The van der Waals surface area contributed by atoms with Gasteiger partial charge in [0.05, 0.1) is 24.6 Å². The summed E-state index contributed by atoms with van der Waals surface area (Å²) in [6, 6.07) is 0. The van der Waals surface area contributed by atoms with Crippen molar-refractivity contribution >= 4 is 41.2 Å². The van der Waals surface area contributed by atoms with Crippen molar-refractivity contribution in [3.8, 4) is 17.8 Å². The first-order valence-corrected chi connectivity index (χ1v) is 32.5. The van der Waals surface area contributed by atoms with Gasteiger partial charge in [-0.1, -0.05) is 35.4 Å². The summed E-state index contributed by atoms with van der Waals surface area (Å²) in [6.07, 6.45) is 1.56. The Hall–Kier alpha value is -7.07. The number of nitrogen functional groups attached to an aromatic ring is 1. The second kappa shape index (κ2) is 63.1. The maximum atomic E-state index is 11.6. The molecule has 115 heavy (non-hydrogen) atoms. The molecule has 638 valence electrons. The maximum Gasteiger partial charge on any atom is 2.00 e. The SMILES string of the molecule is CC(=O)C(C)=O.CCOC(=O)C(C)=O.Cc1c([C-](C)C)nn(-c2ncc(C)c(=O)[nH]2)c1C.Cc1c([C-](C)C)nn(-c2nnc(C)c(=O)[nH]2)c1C.Cc1c([C-](C)C)nn(C(=N)N)c1C.Cc1c([C-](C)C)nn(C(N)=NN)c1C.Cc1nnc(-n2nc([C-](C)C)c(C)c2C)nc1C.[2HH].[2HH].[2HH].[CH-]=C(C)C(=O)OCC.[CH3-].[CH3-].[CH3-].[CH3-].[CH3-].[Na+].[OH-].[W+2].[W+2].[W+2].[W+2].[W+2]. The summed E-state index contributed by atoms with van der Waals surface area (Å²) in [4.78, 5) is 87.4. The van der Waals surface area contributed by atoms with E-state index in [0.717, 1.165) is 120 Å². The van der Waals surface area contributed by atoms with Gasteiger partial charge in [-0.05, 0) is 105 Å². The molecule has 0 aliphatic heterocycles. The minimum absolute atomic E-state index is 0. The number of hydrogen-bond donors (Lipinski definition) is 6. The number of ether oxygens (including phenoxy) is 2. The third kappa shape index (κ3) is 39.8. The van der Waals surface area contributed by atoms with Crippen molar-refractivity contribution in [3.05, 3.63) is 213 Å². The number of aromatic nitrogens is 18. The van der Waals surface area contributed by atoms with Gasteiger partial charge in [-0.15, -0.1) is 130 Å². The third-order valence-corrected chi connectivity index (χ3v) is 15.2. The molecule has 0 aromatic carbocycles. The maximum absolute atomic E-state index is 11.6. The fraction of sp³-hybridized carbons (Fsp3) is 0.421. The van der Waals surface area contributed by atoms with Crippen LogP contribution < -0.4 is 58.0 Å². The Morgan fingerprint density at radius 3 is 1.08 bits per heavy atom. The molecule has 0 spiro atoms. The van der Waals surface area contributed by atoms with Gasteiger partial charge in [0.2, 0.25) is 29.6 Å². The number of hydrogen-bond acceptors (Lipinski definition) is 24. The Balaban J connectivity index is -0.0000000793. The van der Waals surface area contributed by atoms with Crippen molar-refractivity contribution in [1.82, 2.24) is 89.2 Å². The van der Waals surface area contributed by atoms with E-state index in [4.69, 9.17) is 29.3 Å². The van der Waals surface area contributed by atoms with E-state index in [1.54, 1.807) is 52.6 Å². The first-order chi connectivity index (χ1) is 47.7. The molecule has 0 aliphatic carbocycles. The molecule has 0 aliphatic rings. The zero-order valence-corrected chi connectivity index (χ0v) is 90.7. The van der Waals surface area contributed by atoms with Gasteiger partial charge >= 0.3 is 141 Å². The van der Waals surface area contributed by atoms with Crippen molar-refractivity contribution < 1.29 is 178 Å². The summed E-state index contributed by atoms with van der Waals surface area (Å²) in [7, 11) is 0. The van der Waals surface area contributed by atoms with Gasteiger partial charge in [0.15, 0.2) is 17.5 Å². The number of nitrogens with two attached hydrogens (primary N) is 3. The van der Waals surface area contributed by atoms with Crippen molar-refractivity contribution in [2.75, 3.05) is 13.2 Å². The molecular weight excluding hydrogens is 2340 g/mol. The van der Waals surface area contributed by atoms with Gasteiger partial charge < -0.3 is 74.2 Å². The predicted octanol–water partition coefficient (Wildman–Crippen LogP) is 8.07. The molecule has 0 saturated carbocycles. The molecule has 0 bridgehead atoms. The van der Waals surface area contributed by atoms with Crippen molar-refractivity contribution in [1.29, 1.82) is 5.41 Å². The number of H-pyrrole nitrogens is 2. The Morgan fingerprint density at radius 2 is 0.800 bits per heavy atom. The summed E-state index contributed by atoms with van der Waals surface area (Å²) < 4.78 is 16.9. The molecular formula is C76H127N23NaO10W5-. The Bertz CT molecular complexity index is 4320. The van der Waals surface area contributed by atoms with Gasteiger partial charge in [-0.2, -0.15) is 62.5 Å².